The normalized spacial score (nSPS) is 12.0. The minimum atomic E-state index is -4.39. The summed E-state index contributed by atoms with van der Waals surface area (Å²) < 4.78 is 42.2. The van der Waals surface area contributed by atoms with Crippen LogP contribution >= 0.6 is 0 Å². The van der Waals surface area contributed by atoms with Gasteiger partial charge in [-0.2, -0.15) is 13.2 Å². The highest BCUT2D eigenvalue weighted by Crippen LogP contribution is 2.45. The van der Waals surface area contributed by atoms with Crippen LogP contribution in [0.25, 0.3) is 82.4 Å². The number of benzene rings is 8. The Kier molecular flexibility index (Phi) is 6.66. The van der Waals surface area contributed by atoms with E-state index < -0.39 is 11.7 Å². The van der Waals surface area contributed by atoms with Crippen molar-refractivity contribution in [2.45, 2.75) is 6.18 Å². The van der Waals surface area contributed by atoms with Crippen molar-refractivity contribution in [2.24, 2.45) is 0 Å². The molecular weight excluding hydrogens is 611 g/mol. The fourth-order valence-electron chi connectivity index (χ4n) is 7.42. The van der Waals surface area contributed by atoms with Gasteiger partial charge in [0.15, 0.2) is 0 Å². The Morgan fingerprint density at radius 1 is 0.347 bits per heavy atom. The third-order valence-electron chi connectivity index (χ3n) is 9.61. The van der Waals surface area contributed by atoms with Gasteiger partial charge in [0.1, 0.15) is 0 Å². The van der Waals surface area contributed by atoms with Crippen LogP contribution < -0.4 is 0 Å². The summed E-state index contributed by atoms with van der Waals surface area (Å²) in [5.74, 6) is 0. The first-order valence-electron chi connectivity index (χ1n) is 16.3. The molecule has 1 heterocycles. The third kappa shape index (κ3) is 4.79. The van der Waals surface area contributed by atoms with Gasteiger partial charge in [0.05, 0.1) is 16.6 Å². The molecule has 8 aromatic carbocycles. The molecule has 234 valence electrons. The summed E-state index contributed by atoms with van der Waals surface area (Å²) in [4.78, 5) is 0. The van der Waals surface area contributed by atoms with Gasteiger partial charge in [-0.15, -0.1) is 0 Å². The highest BCUT2D eigenvalue weighted by molar-refractivity contribution is 6.22. The largest absolute Gasteiger partial charge is 0.416 e. The highest BCUT2D eigenvalue weighted by atomic mass is 19.4. The van der Waals surface area contributed by atoms with E-state index in [1.165, 1.54) is 38.2 Å². The predicted octanol–water partition coefficient (Wildman–Crippen LogP) is 13.1. The number of hydrogen-bond acceptors (Lipinski definition) is 0. The lowest BCUT2D eigenvalue weighted by atomic mass is 9.85. The Hall–Kier alpha value is -6.13. The maximum absolute atomic E-state index is 13.4. The molecule has 0 bridgehead atoms. The van der Waals surface area contributed by atoms with Crippen LogP contribution in [0.1, 0.15) is 5.56 Å². The van der Waals surface area contributed by atoms with Crippen molar-refractivity contribution in [3.63, 3.8) is 0 Å². The van der Waals surface area contributed by atoms with E-state index in [1.54, 1.807) is 12.1 Å². The Morgan fingerprint density at radius 3 is 1.43 bits per heavy atom. The number of fused-ring (bicyclic) bond motifs is 5. The van der Waals surface area contributed by atoms with Gasteiger partial charge in [0.2, 0.25) is 0 Å². The van der Waals surface area contributed by atoms with Gasteiger partial charge in [0.25, 0.3) is 0 Å². The number of nitrogens with zero attached hydrogens (tertiary/aromatic N) is 1. The van der Waals surface area contributed by atoms with E-state index in [-0.39, 0.29) is 0 Å². The molecule has 0 saturated heterocycles. The molecule has 0 aliphatic heterocycles. The minimum Gasteiger partial charge on any atom is -0.309 e. The van der Waals surface area contributed by atoms with Crippen LogP contribution in [0.3, 0.4) is 0 Å². The molecule has 1 aromatic heterocycles. The molecule has 0 saturated carbocycles. The fraction of sp³-hybridized carbons (Fsp3) is 0.0222. The molecule has 0 unspecified atom stereocenters. The molecule has 0 spiro atoms. The lowest BCUT2D eigenvalue weighted by Gasteiger charge is -2.18. The molecule has 0 aliphatic carbocycles. The number of rotatable bonds is 4. The third-order valence-corrected chi connectivity index (χ3v) is 9.61. The Balaban J connectivity index is 1.29. The van der Waals surface area contributed by atoms with Crippen molar-refractivity contribution < 1.29 is 13.2 Å². The predicted molar refractivity (Wildman–Crippen MR) is 197 cm³/mol. The first-order chi connectivity index (χ1) is 24.0. The van der Waals surface area contributed by atoms with Crippen molar-refractivity contribution in [1.29, 1.82) is 0 Å². The van der Waals surface area contributed by atoms with Crippen molar-refractivity contribution in [3.8, 4) is 39.1 Å². The van der Waals surface area contributed by atoms with Crippen LogP contribution in [-0.4, -0.2) is 4.57 Å². The Labute approximate surface area is 281 Å². The minimum absolute atomic E-state index is 0.659. The van der Waals surface area contributed by atoms with E-state index in [0.29, 0.717) is 5.69 Å². The monoisotopic (exact) mass is 639 g/mol. The molecule has 0 radical (unpaired) electrons. The summed E-state index contributed by atoms with van der Waals surface area (Å²) in [5, 5.41) is 6.86. The molecule has 9 rings (SSSR count). The van der Waals surface area contributed by atoms with Crippen LogP contribution in [0.2, 0.25) is 0 Å². The van der Waals surface area contributed by atoms with Crippen molar-refractivity contribution in [2.75, 3.05) is 0 Å². The molecule has 4 heteroatoms. The molecular formula is C45H28F3N. The van der Waals surface area contributed by atoms with Gasteiger partial charge >= 0.3 is 6.18 Å². The average Bonchev–Trinajstić information content (AvgIpc) is 3.47. The van der Waals surface area contributed by atoms with Crippen LogP contribution in [0.15, 0.2) is 170 Å². The maximum Gasteiger partial charge on any atom is 0.416 e. The summed E-state index contributed by atoms with van der Waals surface area (Å²) in [6, 6.07) is 56.5. The second-order valence-corrected chi connectivity index (χ2v) is 12.4. The summed E-state index contributed by atoms with van der Waals surface area (Å²) >= 11 is 0. The lowest BCUT2D eigenvalue weighted by Crippen LogP contribution is -2.05. The summed E-state index contributed by atoms with van der Waals surface area (Å²) in [5.41, 5.74) is 8.82. The van der Waals surface area contributed by atoms with E-state index in [1.807, 2.05) is 28.8 Å². The van der Waals surface area contributed by atoms with Gasteiger partial charge < -0.3 is 4.57 Å². The molecule has 1 nitrogen and oxygen atoms in total. The van der Waals surface area contributed by atoms with Gasteiger partial charge in [-0.05, 0) is 103 Å². The van der Waals surface area contributed by atoms with E-state index in [0.717, 1.165) is 50.6 Å². The smallest absolute Gasteiger partial charge is 0.309 e. The van der Waals surface area contributed by atoms with Crippen LogP contribution in [0.4, 0.5) is 13.2 Å². The quantitative estimate of drug-likeness (QED) is 0.169. The topological polar surface area (TPSA) is 4.93 Å². The first kappa shape index (κ1) is 29.0. The van der Waals surface area contributed by atoms with Gasteiger partial charge in [0, 0.05) is 16.5 Å². The van der Waals surface area contributed by atoms with Crippen molar-refractivity contribution >= 4 is 43.4 Å². The fourth-order valence-corrected chi connectivity index (χ4v) is 7.42. The average molecular weight is 640 g/mol. The molecule has 9 aromatic rings. The molecule has 0 atom stereocenters. The summed E-state index contributed by atoms with van der Waals surface area (Å²) in [7, 11) is 0. The van der Waals surface area contributed by atoms with Gasteiger partial charge in [-0.1, -0.05) is 121 Å². The highest BCUT2D eigenvalue weighted by Gasteiger charge is 2.30. The lowest BCUT2D eigenvalue weighted by molar-refractivity contribution is -0.137. The number of para-hydroxylation sites is 1. The number of hydrogen-bond donors (Lipinski definition) is 0. The number of aromatic nitrogens is 1. The molecule has 0 aliphatic rings. The maximum atomic E-state index is 13.4. The first-order valence-corrected chi connectivity index (χ1v) is 16.3. The summed E-state index contributed by atoms with van der Waals surface area (Å²) in [6.07, 6.45) is -4.39. The molecule has 0 N–H and O–H groups in total. The molecule has 49 heavy (non-hydrogen) atoms. The van der Waals surface area contributed by atoms with Gasteiger partial charge in [-0.25, -0.2) is 0 Å². The second-order valence-electron chi connectivity index (χ2n) is 12.4. The van der Waals surface area contributed by atoms with Crippen LogP contribution in [-0.2, 0) is 6.18 Å². The SMILES string of the molecule is FC(F)(F)c1ccc(-n2c3ccccc3c3cc(-c4ccc5c(-c6ccccc6)c6ccccc6c(-c6ccccc6)c5c4)ccc32)cc1. The van der Waals surface area contributed by atoms with Crippen LogP contribution in [0.5, 0.6) is 0 Å². The van der Waals surface area contributed by atoms with Gasteiger partial charge in [-0.3, -0.25) is 0 Å². The Bertz CT molecular complexity index is 2670. The van der Waals surface area contributed by atoms with Crippen molar-refractivity contribution in [3.05, 3.63) is 175 Å². The molecule has 0 amide bonds. The number of alkyl halides is 3. The van der Waals surface area contributed by atoms with E-state index in [2.05, 4.69) is 121 Å². The van der Waals surface area contributed by atoms with E-state index in [4.69, 9.17) is 0 Å². The molecule has 0 fully saturated rings. The van der Waals surface area contributed by atoms with E-state index in [9.17, 15) is 13.2 Å². The van der Waals surface area contributed by atoms with Crippen LogP contribution in [0, 0.1) is 0 Å². The van der Waals surface area contributed by atoms with Crippen molar-refractivity contribution in [1.82, 2.24) is 4.57 Å². The zero-order valence-electron chi connectivity index (χ0n) is 26.2. The number of halogens is 3. The standard InChI is InChI=1S/C45H28F3N/c46-45(47,48)33-21-23-34(24-22-33)49-41-18-10-9-15-35(41)39-27-32(20-26-42(39)49)31-19-25-38-40(28-31)44(30-13-5-2-6-14-30)37-17-8-7-16-36(37)43(38)29-11-3-1-4-12-29/h1-28H. The summed E-state index contributed by atoms with van der Waals surface area (Å²) in [6.45, 7) is 0. The Morgan fingerprint density at radius 2 is 0.816 bits per heavy atom. The zero-order chi connectivity index (χ0) is 33.1. The second kappa shape index (κ2) is 11.2. The van der Waals surface area contributed by atoms with E-state index >= 15 is 0 Å². The zero-order valence-corrected chi connectivity index (χ0v) is 26.2.